The molecule has 1 N–H and O–H groups in total. The molecule has 3 aliphatic rings. The molecule has 1 aromatic carbocycles. The molecular weight excluding hydrogens is 489 g/mol. The Balaban J connectivity index is 1.13. The molecule has 1 saturated heterocycles. The molecule has 0 spiro atoms. The zero-order valence-electron chi connectivity index (χ0n) is 22.2. The first kappa shape index (κ1) is 27.2. The second kappa shape index (κ2) is 11.4. The standard InChI is InChI=1S/C31H39F3N2O2/c1-20-23(10-12-28(20)36-15-13-21(14-16-36)26-7-2-3-8-29(26)37)18-30(38)22-5-4-6-24-17-25(31(32,33)34)19-35-27(24)11-9-22/h2-3,7-8,17,19-23,28,37H,4-6,9-16,18H2,1H3/t20-,22?,23?,28?/m1/s1. The number of likely N-dealkylation sites (tertiary alicyclic amines) is 1. The SMILES string of the molecule is C[C@@H]1C(CC(=O)C2CCCc3cc(C(F)(F)F)cnc3CC2)CCC1N1CCC(c2ccccc2O)CC1. The van der Waals surface area contributed by atoms with Crippen LogP contribution in [0.15, 0.2) is 36.5 Å². The molecule has 38 heavy (non-hydrogen) atoms. The Morgan fingerprint density at radius 3 is 2.55 bits per heavy atom. The first-order valence-electron chi connectivity index (χ1n) is 14.3. The quantitative estimate of drug-likeness (QED) is 0.457. The van der Waals surface area contributed by atoms with Crippen molar-refractivity contribution < 1.29 is 23.1 Å². The summed E-state index contributed by atoms with van der Waals surface area (Å²) in [5, 5.41) is 10.2. The van der Waals surface area contributed by atoms with Crippen LogP contribution in [0.4, 0.5) is 13.2 Å². The molecule has 1 aliphatic heterocycles. The Hall–Kier alpha value is -2.41. The van der Waals surface area contributed by atoms with Gasteiger partial charge in [-0.25, -0.2) is 0 Å². The van der Waals surface area contributed by atoms with Gasteiger partial charge in [0.15, 0.2) is 0 Å². The number of halogens is 3. The maximum absolute atomic E-state index is 13.4. The summed E-state index contributed by atoms with van der Waals surface area (Å²) in [5.41, 5.74) is 1.78. The first-order valence-corrected chi connectivity index (χ1v) is 14.3. The summed E-state index contributed by atoms with van der Waals surface area (Å²) in [7, 11) is 0. The summed E-state index contributed by atoms with van der Waals surface area (Å²) in [5.74, 6) is 1.98. The van der Waals surface area contributed by atoms with Gasteiger partial charge in [0.25, 0.3) is 0 Å². The molecule has 2 heterocycles. The van der Waals surface area contributed by atoms with Gasteiger partial charge in [-0.3, -0.25) is 9.78 Å². The van der Waals surface area contributed by atoms with Gasteiger partial charge in [-0.2, -0.15) is 13.2 Å². The third-order valence-electron chi connectivity index (χ3n) is 9.59. The number of carbonyl (C=O) groups is 1. The number of aryl methyl sites for hydroxylation is 2. The number of para-hydroxylation sites is 1. The van der Waals surface area contributed by atoms with Crippen molar-refractivity contribution in [3.05, 3.63) is 58.9 Å². The lowest BCUT2D eigenvalue weighted by molar-refractivity contribution is -0.137. The van der Waals surface area contributed by atoms with Crippen LogP contribution < -0.4 is 0 Å². The summed E-state index contributed by atoms with van der Waals surface area (Å²) < 4.78 is 39.3. The number of piperidine rings is 1. The lowest BCUT2D eigenvalue weighted by Gasteiger charge is -2.38. The van der Waals surface area contributed by atoms with Crippen molar-refractivity contribution in [3.63, 3.8) is 0 Å². The van der Waals surface area contributed by atoms with E-state index in [1.54, 1.807) is 6.07 Å². The predicted molar refractivity (Wildman–Crippen MR) is 141 cm³/mol. The number of Topliss-reactive ketones (excluding diaryl/α,β-unsaturated/α-hetero) is 1. The highest BCUT2D eigenvalue weighted by Gasteiger charge is 2.39. The number of hydrogen-bond donors (Lipinski definition) is 1. The minimum Gasteiger partial charge on any atom is -0.508 e. The summed E-state index contributed by atoms with van der Waals surface area (Å²) >= 11 is 0. The highest BCUT2D eigenvalue weighted by atomic mass is 19.4. The van der Waals surface area contributed by atoms with Crippen LogP contribution in [0.5, 0.6) is 5.75 Å². The number of pyridine rings is 1. The smallest absolute Gasteiger partial charge is 0.417 e. The van der Waals surface area contributed by atoms with Crippen molar-refractivity contribution in [2.75, 3.05) is 13.1 Å². The van der Waals surface area contributed by atoms with Crippen molar-refractivity contribution in [3.8, 4) is 5.75 Å². The Labute approximate surface area is 223 Å². The van der Waals surface area contributed by atoms with Gasteiger partial charge in [0, 0.05) is 30.3 Å². The number of alkyl halides is 3. The van der Waals surface area contributed by atoms with Gasteiger partial charge in [0.1, 0.15) is 11.5 Å². The van der Waals surface area contributed by atoms with Gasteiger partial charge < -0.3 is 10.0 Å². The van der Waals surface area contributed by atoms with E-state index in [-0.39, 0.29) is 5.92 Å². The lowest BCUT2D eigenvalue weighted by atomic mass is 9.81. The molecule has 0 radical (unpaired) electrons. The molecule has 206 valence electrons. The normalized spacial score (nSPS) is 27.5. The van der Waals surface area contributed by atoms with E-state index in [0.29, 0.717) is 66.6 Å². The molecule has 1 aromatic heterocycles. The number of aromatic hydroxyl groups is 1. The van der Waals surface area contributed by atoms with E-state index in [9.17, 15) is 23.1 Å². The topological polar surface area (TPSA) is 53.4 Å². The minimum absolute atomic E-state index is 0.0206. The van der Waals surface area contributed by atoms with Gasteiger partial charge in [-0.05, 0) is 112 Å². The molecule has 2 fully saturated rings. The van der Waals surface area contributed by atoms with Gasteiger partial charge in [-0.15, -0.1) is 0 Å². The minimum atomic E-state index is -4.38. The number of ketones is 1. The second-order valence-electron chi connectivity index (χ2n) is 11.8. The fraction of sp³-hybridized carbons (Fsp3) is 0.613. The van der Waals surface area contributed by atoms with Crippen LogP contribution in [0.25, 0.3) is 0 Å². The Bertz CT molecular complexity index is 1130. The zero-order chi connectivity index (χ0) is 26.9. The van der Waals surface area contributed by atoms with Crippen molar-refractivity contribution in [1.29, 1.82) is 0 Å². The summed E-state index contributed by atoms with van der Waals surface area (Å²) in [6.45, 7) is 4.36. The van der Waals surface area contributed by atoms with Gasteiger partial charge >= 0.3 is 6.18 Å². The van der Waals surface area contributed by atoms with Crippen LogP contribution >= 0.6 is 0 Å². The van der Waals surface area contributed by atoms with Crippen LogP contribution in [0.1, 0.15) is 86.6 Å². The van der Waals surface area contributed by atoms with Crippen LogP contribution in [0.2, 0.25) is 0 Å². The fourth-order valence-electron chi connectivity index (χ4n) is 7.28. The van der Waals surface area contributed by atoms with E-state index in [4.69, 9.17) is 0 Å². The maximum Gasteiger partial charge on any atom is 0.417 e. The molecule has 2 aliphatic carbocycles. The van der Waals surface area contributed by atoms with Crippen LogP contribution in [-0.4, -0.2) is 39.9 Å². The van der Waals surface area contributed by atoms with E-state index in [2.05, 4.69) is 16.8 Å². The van der Waals surface area contributed by atoms with E-state index < -0.39 is 11.7 Å². The molecule has 5 rings (SSSR count). The predicted octanol–water partition coefficient (Wildman–Crippen LogP) is 6.94. The van der Waals surface area contributed by atoms with Crippen molar-refractivity contribution in [2.24, 2.45) is 17.8 Å². The Kier molecular flexibility index (Phi) is 8.13. The number of benzene rings is 1. The average Bonchev–Trinajstić information content (AvgIpc) is 3.24. The Morgan fingerprint density at radius 1 is 1.05 bits per heavy atom. The van der Waals surface area contributed by atoms with Crippen molar-refractivity contribution >= 4 is 5.78 Å². The van der Waals surface area contributed by atoms with Gasteiger partial charge in [-0.1, -0.05) is 25.1 Å². The molecule has 1 saturated carbocycles. The summed E-state index contributed by atoms with van der Waals surface area (Å²) in [6, 6.07) is 9.44. The average molecular weight is 529 g/mol. The van der Waals surface area contributed by atoms with Crippen LogP contribution in [0, 0.1) is 17.8 Å². The van der Waals surface area contributed by atoms with Gasteiger partial charge in [0.05, 0.1) is 5.56 Å². The number of carbonyl (C=O) groups excluding carboxylic acids is 1. The number of nitrogens with zero attached hydrogens (tertiary/aromatic N) is 2. The summed E-state index contributed by atoms with van der Waals surface area (Å²) in [6.07, 6.45) is 4.74. The number of phenolic OH excluding ortho intramolecular Hbond substituents is 1. The highest BCUT2D eigenvalue weighted by molar-refractivity contribution is 5.81. The van der Waals surface area contributed by atoms with Crippen LogP contribution in [0.3, 0.4) is 0 Å². The number of aromatic nitrogens is 1. The molecular formula is C31H39F3N2O2. The number of rotatable bonds is 5. The third-order valence-corrected chi connectivity index (χ3v) is 9.59. The molecule has 7 heteroatoms. The molecule has 4 nitrogen and oxygen atoms in total. The number of hydrogen-bond acceptors (Lipinski definition) is 4. The largest absolute Gasteiger partial charge is 0.508 e. The molecule has 3 unspecified atom stereocenters. The van der Waals surface area contributed by atoms with Crippen molar-refractivity contribution in [1.82, 2.24) is 9.88 Å². The second-order valence-corrected chi connectivity index (χ2v) is 11.8. The molecule has 0 amide bonds. The monoisotopic (exact) mass is 528 g/mol. The van der Waals surface area contributed by atoms with E-state index >= 15 is 0 Å². The Morgan fingerprint density at radius 2 is 1.82 bits per heavy atom. The van der Waals surface area contributed by atoms with E-state index in [0.717, 1.165) is 69.1 Å². The van der Waals surface area contributed by atoms with E-state index in [1.807, 2.05) is 18.2 Å². The van der Waals surface area contributed by atoms with Crippen molar-refractivity contribution in [2.45, 2.75) is 89.3 Å². The lowest BCUT2D eigenvalue weighted by Crippen LogP contribution is -2.43. The molecule has 0 bridgehead atoms. The maximum atomic E-state index is 13.4. The van der Waals surface area contributed by atoms with E-state index in [1.165, 1.54) is 6.07 Å². The number of phenols is 1. The fourth-order valence-corrected chi connectivity index (χ4v) is 7.28. The first-order chi connectivity index (χ1) is 18.2. The highest BCUT2D eigenvalue weighted by Crippen LogP contribution is 2.42. The number of fused-ring (bicyclic) bond motifs is 1. The third kappa shape index (κ3) is 5.93. The van der Waals surface area contributed by atoms with Gasteiger partial charge in [0.2, 0.25) is 0 Å². The zero-order valence-corrected chi connectivity index (χ0v) is 22.2. The summed E-state index contributed by atoms with van der Waals surface area (Å²) in [4.78, 5) is 20.1. The molecule has 4 atom stereocenters. The van der Waals surface area contributed by atoms with Crippen LogP contribution in [-0.2, 0) is 23.8 Å². The molecule has 2 aromatic rings.